The van der Waals surface area contributed by atoms with Crippen LogP contribution < -0.4 is 0 Å². The molecule has 4 aliphatic rings. The summed E-state index contributed by atoms with van der Waals surface area (Å²) in [4.78, 5) is 12.4. The number of hydrogen-bond acceptors (Lipinski definition) is 1. The highest BCUT2D eigenvalue weighted by atomic mass is 16.1. The molecule has 6 atom stereocenters. The monoisotopic (exact) mass is 322 g/mol. The summed E-state index contributed by atoms with van der Waals surface area (Å²) in [5, 5.41) is 0. The van der Waals surface area contributed by atoms with E-state index in [9.17, 15) is 4.79 Å². The second-order valence-corrected chi connectivity index (χ2v) is 9.16. The molecular formula is C23H30O. The number of hydrogen-bond donors (Lipinski definition) is 0. The van der Waals surface area contributed by atoms with Crippen LogP contribution in [0.25, 0.3) is 0 Å². The van der Waals surface area contributed by atoms with E-state index < -0.39 is 0 Å². The molecule has 0 radical (unpaired) electrons. The van der Waals surface area contributed by atoms with Crippen molar-refractivity contribution in [1.29, 1.82) is 0 Å². The molecular weight excluding hydrogens is 292 g/mol. The van der Waals surface area contributed by atoms with Crippen LogP contribution in [0.5, 0.6) is 0 Å². The summed E-state index contributed by atoms with van der Waals surface area (Å²) >= 11 is 0. The normalized spacial score (nSPS) is 47.3. The number of rotatable bonds is 0. The molecule has 128 valence electrons. The van der Waals surface area contributed by atoms with Crippen molar-refractivity contribution in [3.05, 3.63) is 47.6 Å². The zero-order valence-electron chi connectivity index (χ0n) is 15.6. The molecule has 24 heavy (non-hydrogen) atoms. The maximum absolute atomic E-state index is 12.4. The van der Waals surface area contributed by atoms with Crippen LogP contribution >= 0.6 is 0 Å². The van der Waals surface area contributed by atoms with Crippen LogP contribution in [-0.4, -0.2) is 5.78 Å². The predicted molar refractivity (Wildman–Crippen MR) is 99.4 cm³/mol. The Morgan fingerprint density at radius 2 is 1.96 bits per heavy atom. The Kier molecular flexibility index (Phi) is 3.40. The summed E-state index contributed by atoms with van der Waals surface area (Å²) in [7, 11) is 0. The SMILES string of the molecule is C=C1C=C[C@@]2(C)C(=C1)C(C)=CC1C2CC[C@@]2(C)C1CCC(=O)[C@@H]2C. The van der Waals surface area contributed by atoms with Gasteiger partial charge in [0, 0.05) is 17.8 Å². The molecule has 1 heteroatoms. The first-order valence-corrected chi connectivity index (χ1v) is 9.59. The van der Waals surface area contributed by atoms with E-state index in [1.807, 2.05) is 0 Å². The zero-order valence-corrected chi connectivity index (χ0v) is 15.6. The average Bonchev–Trinajstić information content (AvgIpc) is 2.53. The molecule has 1 nitrogen and oxygen atoms in total. The number of Topliss-reactive ketones (excluding diaryl/α,β-unsaturated/α-hetero) is 1. The number of allylic oxidation sites excluding steroid dienone is 7. The number of fused-ring (bicyclic) bond motifs is 5. The summed E-state index contributed by atoms with van der Waals surface area (Å²) < 4.78 is 0. The van der Waals surface area contributed by atoms with Gasteiger partial charge >= 0.3 is 0 Å². The summed E-state index contributed by atoms with van der Waals surface area (Å²) in [6.07, 6.45) is 13.7. The van der Waals surface area contributed by atoms with E-state index >= 15 is 0 Å². The first-order valence-electron chi connectivity index (χ1n) is 9.59. The number of carbonyl (C=O) groups excluding carboxylic acids is 1. The summed E-state index contributed by atoms with van der Waals surface area (Å²) in [5.41, 5.74) is 4.34. The van der Waals surface area contributed by atoms with Crippen LogP contribution in [0.1, 0.15) is 53.4 Å². The molecule has 3 unspecified atom stereocenters. The Balaban J connectivity index is 1.80. The zero-order chi connectivity index (χ0) is 17.3. The Morgan fingerprint density at radius 3 is 2.71 bits per heavy atom. The van der Waals surface area contributed by atoms with Crippen molar-refractivity contribution >= 4 is 5.78 Å². The third-order valence-electron chi connectivity index (χ3n) is 8.14. The lowest BCUT2D eigenvalue weighted by Gasteiger charge is -2.59. The Hall–Kier alpha value is -1.37. The van der Waals surface area contributed by atoms with E-state index in [1.165, 1.54) is 24.0 Å². The average molecular weight is 322 g/mol. The Bertz CT molecular complexity index is 706. The van der Waals surface area contributed by atoms with Crippen molar-refractivity contribution in [1.82, 2.24) is 0 Å². The fraction of sp³-hybridized carbons (Fsp3) is 0.609. The van der Waals surface area contributed by atoms with Crippen molar-refractivity contribution in [3.8, 4) is 0 Å². The van der Waals surface area contributed by atoms with Gasteiger partial charge in [0.25, 0.3) is 0 Å². The largest absolute Gasteiger partial charge is 0.299 e. The first kappa shape index (κ1) is 16.1. The van der Waals surface area contributed by atoms with Crippen LogP contribution in [0, 0.1) is 34.5 Å². The minimum Gasteiger partial charge on any atom is -0.299 e. The molecule has 0 amide bonds. The maximum Gasteiger partial charge on any atom is 0.136 e. The fourth-order valence-electron chi connectivity index (χ4n) is 6.44. The highest BCUT2D eigenvalue weighted by Crippen LogP contribution is 2.63. The van der Waals surface area contributed by atoms with Crippen LogP contribution in [0.15, 0.2) is 47.6 Å². The molecule has 0 bridgehead atoms. The van der Waals surface area contributed by atoms with E-state index in [-0.39, 0.29) is 16.7 Å². The quantitative estimate of drug-likeness (QED) is 0.563. The lowest BCUT2D eigenvalue weighted by Crippen LogP contribution is -2.54. The van der Waals surface area contributed by atoms with Gasteiger partial charge in [-0.3, -0.25) is 4.79 Å². The third kappa shape index (κ3) is 1.96. The van der Waals surface area contributed by atoms with Gasteiger partial charge in [0.05, 0.1) is 0 Å². The molecule has 4 rings (SSSR count). The van der Waals surface area contributed by atoms with E-state index in [1.54, 1.807) is 0 Å². The summed E-state index contributed by atoms with van der Waals surface area (Å²) in [6.45, 7) is 13.4. The van der Waals surface area contributed by atoms with E-state index in [0.29, 0.717) is 23.5 Å². The first-order chi connectivity index (χ1) is 11.3. The Morgan fingerprint density at radius 1 is 1.21 bits per heavy atom. The molecule has 2 saturated carbocycles. The highest BCUT2D eigenvalue weighted by molar-refractivity contribution is 5.82. The molecule has 0 heterocycles. The second kappa shape index (κ2) is 5.07. The topological polar surface area (TPSA) is 17.1 Å². The van der Waals surface area contributed by atoms with Crippen molar-refractivity contribution in [2.75, 3.05) is 0 Å². The predicted octanol–water partition coefficient (Wildman–Crippen LogP) is 5.65. The molecule has 0 spiro atoms. The lowest BCUT2D eigenvalue weighted by atomic mass is 9.44. The van der Waals surface area contributed by atoms with Gasteiger partial charge in [-0.15, -0.1) is 0 Å². The van der Waals surface area contributed by atoms with Gasteiger partial charge in [0.2, 0.25) is 0 Å². The minimum atomic E-state index is 0.136. The van der Waals surface area contributed by atoms with Crippen LogP contribution in [-0.2, 0) is 4.79 Å². The van der Waals surface area contributed by atoms with Crippen LogP contribution in [0.2, 0.25) is 0 Å². The molecule has 0 saturated heterocycles. The molecule has 0 aromatic heterocycles. The second-order valence-electron chi connectivity index (χ2n) is 9.16. The smallest absolute Gasteiger partial charge is 0.136 e. The lowest BCUT2D eigenvalue weighted by molar-refractivity contribution is -0.139. The van der Waals surface area contributed by atoms with Gasteiger partial charge in [-0.1, -0.05) is 57.2 Å². The van der Waals surface area contributed by atoms with Gasteiger partial charge in [-0.2, -0.15) is 0 Å². The Labute approximate surface area is 146 Å². The summed E-state index contributed by atoms with van der Waals surface area (Å²) in [5.74, 6) is 2.63. The molecule has 2 fully saturated rings. The van der Waals surface area contributed by atoms with E-state index in [2.05, 4.69) is 58.6 Å². The summed E-state index contributed by atoms with van der Waals surface area (Å²) in [6, 6.07) is 0. The van der Waals surface area contributed by atoms with Crippen LogP contribution in [0.3, 0.4) is 0 Å². The molecule has 0 aromatic carbocycles. The van der Waals surface area contributed by atoms with Gasteiger partial charge in [-0.05, 0) is 60.5 Å². The standard InChI is InChI=1S/C23H30O/c1-14-8-10-23(5)19-9-11-22(4)16(3)21(24)7-6-18(22)17(19)13-15(2)20(23)12-14/h8,10,12-13,16-19H,1,6-7,9,11H2,2-5H3/t16-,17?,18?,19?,22+,23+/m0/s1. The molecule has 0 aliphatic heterocycles. The van der Waals surface area contributed by atoms with E-state index in [0.717, 1.165) is 18.4 Å². The van der Waals surface area contributed by atoms with E-state index in [4.69, 9.17) is 0 Å². The van der Waals surface area contributed by atoms with Gasteiger partial charge < -0.3 is 0 Å². The van der Waals surface area contributed by atoms with Crippen molar-refractivity contribution < 1.29 is 4.79 Å². The van der Waals surface area contributed by atoms with Crippen molar-refractivity contribution in [2.24, 2.45) is 34.5 Å². The fourth-order valence-corrected chi connectivity index (χ4v) is 6.44. The number of ketones is 1. The van der Waals surface area contributed by atoms with Crippen molar-refractivity contribution in [3.63, 3.8) is 0 Å². The molecule has 0 aromatic rings. The number of carbonyl (C=O) groups is 1. The molecule has 0 N–H and O–H groups in total. The molecule has 4 aliphatic carbocycles. The van der Waals surface area contributed by atoms with Gasteiger partial charge in [0.1, 0.15) is 5.78 Å². The maximum atomic E-state index is 12.4. The van der Waals surface area contributed by atoms with Crippen LogP contribution in [0.4, 0.5) is 0 Å². The van der Waals surface area contributed by atoms with Crippen molar-refractivity contribution in [2.45, 2.75) is 53.4 Å². The van der Waals surface area contributed by atoms with Gasteiger partial charge in [-0.25, -0.2) is 0 Å². The third-order valence-corrected chi connectivity index (χ3v) is 8.14. The highest BCUT2D eigenvalue weighted by Gasteiger charge is 2.57. The minimum absolute atomic E-state index is 0.136. The van der Waals surface area contributed by atoms with Gasteiger partial charge in [0.15, 0.2) is 0 Å².